The van der Waals surface area contributed by atoms with Crippen LogP contribution < -0.4 is 15.5 Å². The molecule has 0 bridgehead atoms. The maximum atomic E-state index is 13.2. The molecule has 5 nitrogen and oxygen atoms in total. The Kier molecular flexibility index (Phi) is 6.34. The molecule has 1 fully saturated rings. The number of hydrogen-bond donors (Lipinski definition) is 2. The lowest BCUT2D eigenvalue weighted by Crippen LogP contribution is -2.28. The molecule has 0 spiro atoms. The Morgan fingerprint density at radius 1 is 1.11 bits per heavy atom. The fraction of sp³-hybridized carbons (Fsp3) is 0.400. The first kappa shape index (κ1) is 19.6. The molecule has 2 aromatic carbocycles. The van der Waals surface area contributed by atoms with Crippen molar-refractivity contribution in [1.29, 1.82) is 0 Å². The molecule has 0 atom stereocenters. The second kappa shape index (κ2) is 8.71. The molecule has 2 aromatic rings. The van der Waals surface area contributed by atoms with Crippen molar-refractivity contribution in [3.8, 4) is 0 Å². The number of nitrogens with zero attached hydrogens (tertiary/aromatic N) is 1. The third kappa shape index (κ3) is 4.59. The summed E-state index contributed by atoms with van der Waals surface area (Å²) in [7, 11) is -3.73. The highest BCUT2D eigenvalue weighted by molar-refractivity contribution is 7.91. The zero-order valence-corrected chi connectivity index (χ0v) is 16.4. The lowest BCUT2D eigenvalue weighted by molar-refractivity contribution is 0.595. The molecule has 0 amide bonds. The normalized spacial score (nSPS) is 15.4. The van der Waals surface area contributed by atoms with Gasteiger partial charge in [-0.15, -0.1) is 0 Å². The Morgan fingerprint density at radius 2 is 1.89 bits per heavy atom. The molecule has 2 N–H and O–H groups in total. The monoisotopic (exact) mass is 391 g/mol. The Morgan fingerprint density at radius 3 is 2.63 bits per heavy atom. The van der Waals surface area contributed by atoms with Gasteiger partial charge in [-0.05, 0) is 61.9 Å². The first-order chi connectivity index (χ1) is 13.0. The van der Waals surface area contributed by atoms with E-state index in [-0.39, 0.29) is 9.79 Å². The van der Waals surface area contributed by atoms with Crippen molar-refractivity contribution in [2.45, 2.75) is 29.6 Å². The summed E-state index contributed by atoms with van der Waals surface area (Å²) in [6.45, 7) is 6.44. The highest BCUT2D eigenvalue weighted by Gasteiger charge is 2.23. The van der Waals surface area contributed by atoms with Crippen molar-refractivity contribution in [3.63, 3.8) is 0 Å². The van der Waals surface area contributed by atoms with Crippen LogP contribution in [-0.4, -0.2) is 41.1 Å². The lowest BCUT2D eigenvalue weighted by atomic mass is 10.2. The van der Waals surface area contributed by atoms with Crippen LogP contribution in [-0.2, 0) is 9.84 Å². The molecule has 0 aromatic heterocycles. The minimum absolute atomic E-state index is 0.0928. The van der Waals surface area contributed by atoms with E-state index in [2.05, 4.69) is 15.5 Å². The molecule has 0 saturated carbocycles. The van der Waals surface area contributed by atoms with Gasteiger partial charge >= 0.3 is 0 Å². The van der Waals surface area contributed by atoms with Gasteiger partial charge in [0.25, 0.3) is 0 Å². The van der Waals surface area contributed by atoms with Crippen LogP contribution in [0, 0.1) is 5.82 Å². The maximum absolute atomic E-state index is 13.2. The largest absolute Gasteiger partial charge is 0.384 e. The average Bonchev–Trinajstić information content (AvgIpc) is 2.96. The van der Waals surface area contributed by atoms with E-state index in [1.807, 2.05) is 19.1 Å². The topological polar surface area (TPSA) is 61.4 Å². The third-order valence-electron chi connectivity index (χ3n) is 4.65. The van der Waals surface area contributed by atoms with Crippen molar-refractivity contribution in [2.75, 3.05) is 42.9 Å². The van der Waals surface area contributed by atoms with Crippen molar-refractivity contribution in [3.05, 3.63) is 48.3 Å². The Bertz CT molecular complexity index is 861. The smallest absolute Gasteiger partial charge is 0.208 e. The van der Waals surface area contributed by atoms with Gasteiger partial charge < -0.3 is 15.5 Å². The van der Waals surface area contributed by atoms with Crippen LogP contribution in [0.1, 0.15) is 19.8 Å². The average molecular weight is 392 g/mol. The quantitative estimate of drug-likeness (QED) is 0.740. The predicted octanol–water partition coefficient (Wildman–Crippen LogP) is 3.28. The number of halogens is 1. The highest BCUT2D eigenvalue weighted by atomic mass is 32.2. The number of rotatable bonds is 6. The van der Waals surface area contributed by atoms with Gasteiger partial charge in [-0.2, -0.15) is 0 Å². The van der Waals surface area contributed by atoms with Crippen LogP contribution in [0.4, 0.5) is 15.8 Å². The second-order valence-electron chi connectivity index (χ2n) is 6.66. The van der Waals surface area contributed by atoms with Crippen molar-refractivity contribution >= 4 is 21.2 Å². The molecule has 3 rings (SSSR count). The zero-order valence-electron chi connectivity index (χ0n) is 15.5. The number of benzene rings is 2. The number of anilines is 2. The van der Waals surface area contributed by atoms with E-state index in [4.69, 9.17) is 0 Å². The standard InChI is InChI=1S/C20H26FN3O2S/c1-2-10-23-19-15-17(24-13-3-11-22-12-14-24)6-9-20(19)27(25,26)18-7-4-16(21)5-8-18/h4-9,15,22-23H,2-3,10-14H2,1H3. The van der Waals surface area contributed by atoms with E-state index < -0.39 is 15.7 Å². The highest BCUT2D eigenvalue weighted by Crippen LogP contribution is 2.32. The van der Waals surface area contributed by atoms with Gasteiger partial charge in [0, 0.05) is 31.9 Å². The second-order valence-corrected chi connectivity index (χ2v) is 8.57. The summed E-state index contributed by atoms with van der Waals surface area (Å²) in [4.78, 5) is 2.58. The molecule has 1 saturated heterocycles. The molecule has 0 aliphatic carbocycles. The van der Waals surface area contributed by atoms with Gasteiger partial charge in [0.05, 0.1) is 15.5 Å². The van der Waals surface area contributed by atoms with Crippen molar-refractivity contribution in [1.82, 2.24) is 5.32 Å². The predicted molar refractivity (Wildman–Crippen MR) is 107 cm³/mol. The first-order valence-corrected chi connectivity index (χ1v) is 10.8. The maximum Gasteiger partial charge on any atom is 0.208 e. The van der Waals surface area contributed by atoms with E-state index in [0.29, 0.717) is 12.2 Å². The van der Waals surface area contributed by atoms with E-state index in [9.17, 15) is 12.8 Å². The van der Waals surface area contributed by atoms with E-state index in [0.717, 1.165) is 44.7 Å². The Labute approximate surface area is 160 Å². The van der Waals surface area contributed by atoms with Crippen LogP contribution in [0.2, 0.25) is 0 Å². The van der Waals surface area contributed by atoms with Gasteiger partial charge in [-0.3, -0.25) is 0 Å². The molecule has 7 heteroatoms. The Hall–Kier alpha value is -2.12. The van der Waals surface area contributed by atoms with Crippen LogP contribution in [0.3, 0.4) is 0 Å². The van der Waals surface area contributed by atoms with Crippen molar-refractivity contribution in [2.24, 2.45) is 0 Å². The minimum Gasteiger partial charge on any atom is -0.384 e. The number of hydrogen-bond acceptors (Lipinski definition) is 5. The van der Waals surface area contributed by atoms with Gasteiger partial charge in [-0.25, -0.2) is 12.8 Å². The van der Waals surface area contributed by atoms with Gasteiger partial charge in [0.2, 0.25) is 9.84 Å². The molecule has 0 unspecified atom stereocenters. The van der Waals surface area contributed by atoms with Crippen LogP contribution in [0.5, 0.6) is 0 Å². The van der Waals surface area contributed by atoms with E-state index in [1.165, 1.54) is 24.3 Å². The third-order valence-corrected chi connectivity index (χ3v) is 6.48. The molecule has 146 valence electrons. The number of sulfone groups is 1. The first-order valence-electron chi connectivity index (χ1n) is 9.36. The molecule has 0 radical (unpaired) electrons. The molecular formula is C20H26FN3O2S. The van der Waals surface area contributed by atoms with Crippen LogP contribution in [0.15, 0.2) is 52.3 Å². The fourth-order valence-corrected chi connectivity index (χ4v) is 4.61. The van der Waals surface area contributed by atoms with Crippen LogP contribution in [0.25, 0.3) is 0 Å². The molecule has 1 aliphatic rings. The van der Waals surface area contributed by atoms with Crippen molar-refractivity contribution < 1.29 is 12.8 Å². The number of nitrogens with one attached hydrogen (secondary N) is 2. The molecule has 27 heavy (non-hydrogen) atoms. The minimum atomic E-state index is -3.73. The lowest BCUT2D eigenvalue weighted by Gasteiger charge is -2.24. The summed E-state index contributed by atoms with van der Waals surface area (Å²) in [5.41, 5.74) is 1.60. The van der Waals surface area contributed by atoms with E-state index in [1.54, 1.807) is 6.07 Å². The summed E-state index contributed by atoms with van der Waals surface area (Å²) >= 11 is 0. The SMILES string of the molecule is CCCNc1cc(N2CCCNCC2)ccc1S(=O)(=O)c1ccc(F)cc1. The van der Waals surface area contributed by atoms with Crippen LogP contribution >= 0.6 is 0 Å². The summed E-state index contributed by atoms with van der Waals surface area (Å²) in [5.74, 6) is -0.455. The van der Waals surface area contributed by atoms with Gasteiger partial charge in [0.15, 0.2) is 0 Å². The summed E-state index contributed by atoms with van der Waals surface area (Å²) < 4.78 is 39.4. The fourth-order valence-electron chi connectivity index (χ4n) is 3.19. The summed E-state index contributed by atoms with van der Waals surface area (Å²) in [5, 5.41) is 6.62. The zero-order chi connectivity index (χ0) is 19.3. The van der Waals surface area contributed by atoms with E-state index >= 15 is 0 Å². The molecule has 1 heterocycles. The molecule has 1 aliphatic heterocycles. The van der Waals surface area contributed by atoms with Gasteiger partial charge in [0.1, 0.15) is 5.82 Å². The summed E-state index contributed by atoms with van der Waals surface area (Å²) in [6.07, 6.45) is 1.93. The molecular weight excluding hydrogens is 365 g/mol. The van der Waals surface area contributed by atoms with Gasteiger partial charge in [-0.1, -0.05) is 6.92 Å². The summed E-state index contributed by atoms with van der Waals surface area (Å²) in [6, 6.07) is 10.4. The Balaban J connectivity index is 1.99.